The first kappa shape index (κ1) is 11.1. The summed E-state index contributed by atoms with van der Waals surface area (Å²) in [4.78, 5) is 0. The molecule has 1 aromatic carbocycles. The van der Waals surface area contributed by atoms with Gasteiger partial charge in [-0.05, 0) is 38.1 Å². The van der Waals surface area contributed by atoms with Crippen molar-refractivity contribution in [2.24, 2.45) is 0 Å². The highest BCUT2D eigenvalue weighted by atomic mass is 16.5. The topological polar surface area (TPSA) is 56.5 Å². The van der Waals surface area contributed by atoms with E-state index >= 15 is 0 Å². The van der Waals surface area contributed by atoms with Crippen LogP contribution in [0.5, 0.6) is 11.5 Å². The minimum Gasteiger partial charge on any atom is -0.493 e. The lowest BCUT2D eigenvalue weighted by Gasteiger charge is -2.24. The van der Waals surface area contributed by atoms with Gasteiger partial charge < -0.3 is 20.5 Å². The van der Waals surface area contributed by atoms with E-state index in [2.05, 4.69) is 5.32 Å². The first-order valence-electron chi connectivity index (χ1n) is 5.60. The van der Waals surface area contributed by atoms with Crippen LogP contribution in [0.15, 0.2) is 18.2 Å². The number of hydrogen-bond donors (Lipinski definition) is 2. The van der Waals surface area contributed by atoms with Gasteiger partial charge in [-0.1, -0.05) is 0 Å². The van der Waals surface area contributed by atoms with E-state index in [9.17, 15) is 0 Å². The molecule has 0 aliphatic carbocycles. The first-order valence-corrected chi connectivity index (χ1v) is 5.60. The van der Waals surface area contributed by atoms with Gasteiger partial charge in [-0.25, -0.2) is 0 Å². The van der Waals surface area contributed by atoms with Crippen molar-refractivity contribution in [2.45, 2.75) is 18.9 Å². The number of piperidine rings is 1. The number of benzene rings is 1. The lowest BCUT2D eigenvalue weighted by atomic mass is 10.1. The molecule has 0 bridgehead atoms. The summed E-state index contributed by atoms with van der Waals surface area (Å²) in [5.41, 5.74) is 6.38. The monoisotopic (exact) mass is 222 g/mol. The number of rotatable bonds is 3. The number of nitrogens with two attached hydrogens (primary N) is 1. The number of nitrogens with one attached hydrogen (secondary N) is 1. The molecular formula is C12H18N2O2. The molecule has 0 aromatic heterocycles. The van der Waals surface area contributed by atoms with Gasteiger partial charge in [-0.2, -0.15) is 0 Å². The minimum absolute atomic E-state index is 0.277. The van der Waals surface area contributed by atoms with Crippen LogP contribution in [0.4, 0.5) is 5.69 Å². The predicted molar refractivity (Wildman–Crippen MR) is 63.9 cm³/mol. The van der Waals surface area contributed by atoms with Gasteiger partial charge >= 0.3 is 0 Å². The average Bonchev–Trinajstić information content (AvgIpc) is 2.33. The fraction of sp³-hybridized carbons (Fsp3) is 0.500. The van der Waals surface area contributed by atoms with Crippen LogP contribution in [0.3, 0.4) is 0 Å². The van der Waals surface area contributed by atoms with E-state index in [0.717, 1.165) is 31.7 Å². The number of anilines is 1. The normalized spacial score (nSPS) is 17.1. The van der Waals surface area contributed by atoms with Crippen molar-refractivity contribution >= 4 is 5.69 Å². The molecule has 4 heteroatoms. The molecular weight excluding hydrogens is 204 g/mol. The Hall–Kier alpha value is -1.42. The van der Waals surface area contributed by atoms with Crippen molar-refractivity contribution in [1.29, 1.82) is 0 Å². The summed E-state index contributed by atoms with van der Waals surface area (Å²) >= 11 is 0. The Morgan fingerprint density at radius 2 is 2.00 bits per heavy atom. The number of nitrogen functional groups attached to an aromatic ring is 1. The van der Waals surface area contributed by atoms with Crippen LogP contribution < -0.4 is 20.5 Å². The molecule has 1 heterocycles. The van der Waals surface area contributed by atoms with Crippen LogP contribution >= 0.6 is 0 Å². The van der Waals surface area contributed by atoms with Crippen LogP contribution in [0.1, 0.15) is 12.8 Å². The lowest BCUT2D eigenvalue weighted by molar-refractivity contribution is 0.157. The summed E-state index contributed by atoms with van der Waals surface area (Å²) in [6.07, 6.45) is 2.35. The second-order valence-corrected chi connectivity index (χ2v) is 3.98. The highest BCUT2D eigenvalue weighted by Crippen LogP contribution is 2.30. The zero-order chi connectivity index (χ0) is 11.4. The van der Waals surface area contributed by atoms with Crippen LogP contribution in [0, 0.1) is 0 Å². The first-order chi connectivity index (χ1) is 7.79. The number of methoxy groups -OCH3 is 1. The lowest BCUT2D eigenvalue weighted by Crippen LogP contribution is -2.34. The number of ether oxygens (including phenoxy) is 2. The Kier molecular flexibility index (Phi) is 3.51. The van der Waals surface area contributed by atoms with Gasteiger partial charge in [0, 0.05) is 11.8 Å². The van der Waals surface area contributed by atoms with E-state index in [1.165, 1.54) is 0 Å². The highest BCUT2D eigenvalue weighted by Gasteiger charge is 2.16. The average molecular weight is 222 g/mol. The van der Waals surface area contributed by atoms with E-state index in [-0.39, 0.29) is 6.10 Å². The van der Waals surface area contributed by atoms with Crippen LogP contribution in [-0.4, -0.2) is 26.3 Å². The van der Waals surface area contributed by atoms with Crippen LogP contribution in [0.2, 0.25) is 0 Å². The van der Waals surface area contributed by atoms with Gasteiger partial charge in [0.25, 0.3) is 0 Å². The maximum absolute atomic E-state index is 5.91. The van der Waals surface area contributed by atoms with Crippen molar-refractivity contribution < 1.29 is 9.47 Å². The second kappa shape index (κ2) is 5.07. The molecule has 88 valence electrons. The molecule has 1 aliphatic heterocycles. The molecule has 0 amide bonds. The van der Waals surface area contributed by atoms with Gasteiger partial charge in [0.15, 0.2) is 11.5 Å². The molecule has 0 unspecified atom stereocenters. The standard InChI is InChI=1S/C12H18N2O2/c1-15-12-8-9(13)2-3-11(12)16-10-4-6-14-7-5-10/h2-3,8,10,14H,4-7,13H2,1H3. The Balaban J connectivity index is 2.07. The highest BCUT2D eigenvalue weighted by molar-refractivity contribution is 5.51. The second-order valence-electron chi connectivity index (χ2n) is 3.98. The zero-order valence-electron chi connectivity index (χ0n) is 9.53. The number of hydrogen-bond acceptors (Lipinski definition) is 4. The van der Waals surface area contributed by atoms with Gasteiger partial charge in [0.2, 0.25) is 0 Å². The van der Waals surface area contributed by atoms with Crippen molar-refractivity contribution in [3.8, 4) is 11.5 Å². The quantitative estimate of drug-likeness (QED) is 0.759. The summed E-state index contributed by atoms with van der Waals surface area (Å²) in [6, 6.07) is 5.49. The van der Waals surface area contributed by atoms with Crippen molar-refractivity contribution in [3.05, 3.63) is 18.2 Å². The van der Waals surface area contributed by atoms with Gasteiger partial charge in [0.05, 0.1) is 7.11 Å². The summed E-state index contributed by atoms with van der Waals surface area (Å²) in [7, 11) is 1.63. The molecule has 3 N–H and O–H groups in total. The van der Waals surface area contributed by atoms with E-state index in [0.29, 0.717) is 11.4 Å². The minimum atomic E-state index is 0.277. The summed E-state index contributed by atoms with van der Waals surface area (Å²) in [5, 5.41) is 3.31. The Labute approximate surface area is 95.7 Å². The Morgan fingerprint density at radius 1 is 1.25 bits per heavy atom. The smallest absolute Gasteiger partial charge is 0.162 e. The molecule has 1 fully saturated rings. The molecule has 0 atom stereocenters. The Bertz CT molecular complexity index is 349. The molecule has 1 aromatic rings. The molecule has 0 radical (unpaired) electrons. The van der Waals surface area contributed by atoms with E-state index < -0.39 is 0 Å². The van der Waals surface area contributed by atoms with Crippen molar-refractivity contribution in [2.75, 3.05) is 25.9 Å². The summed E-state index contributed by atoms with van der Waals surface area (Å²) < 4.78 is 11.2. The maximum atomic E-state index is 5.91. The Morgan fingerprint density at radius 3 is 2.69 bits per heavy atom. The molecule has 2 rings (SSSR count). The third-order valence-electron chi connectivity index (χ3n) is 2.77. The molecule has 1 saturated heterocycles. The largest absolute Gasteiger partial charge is 0.493 e. The fourth-order valence-electron chi connectivity index (χ4n) is 1.87. The summed E-state index contributed by atoms with van der Waals surface area (Å²) in [5.74, 6) is 1.49. The predicted octanol–water partition coefficient (Wildman–Crippen LogP) is 1.41. The van der Waals surface area contributed by atoms with Crippen molar-refractivity contribution in [3.63, 3.8) is 0 Å². The zero-order valence-corrected chi connectivity index (χ0v) is 9.53. The summed E-state index contributed by atoms with van der Waals surface area (Å²) in [6.45, 7) is 2.03. The van der Waals surface area contributed by atoms with E-state index in [4.69, 9.17) is 15.2 Å². The molecule has 4 nitrogen and oxygen atoms in total. The van der Waals surface area contributed by atoms with Crippen molar-refractivity contribution in [1.82, 2.24) is 5.32 Å². The van der Waals surface area contributed by atoms with Crippen LogP contribution in [0.25, 0.3) is 0 Å². The van der Waals surface area contributed by atoms with Gasteiger partial charge in [-0.15, -0.1) is 0 Å². The molecule has 16 heavy (non-hydrogen) atoms. The van der Waals surface area contributed by atoms with Gasteiger partial charge in [0.1, 0.15) is 6.10 Å². The van der Waals surface area contributed by atoms with E-state index in [1.54, 1.807) is 13.2 Å². The molecule has 0 saturated carbocycles. The molecule has 0 spiro atoms. The maximum Gasteiger partial charge on any atom is 0.162 e. The van der Waals surface area contributed by atoms with Crippen LogP contribution in [-0.2, 0) is 0 Å². The van der Waals surface area contributed by atoms with E-state index in [1.807, 2.05) is 12.1 Å². The fourth-order valence-corrected chi connectivity index (χ4v) is 1.87. The molecule has 1 aliphatic rings. The third-order valence-corrected chi connectivity index (χ3v) is 2.77. The third kappa shape index (κ3) is 2.58. The van der Waals surface area contributed by atoms with Gasteiger partial charge in [-0.3, -0.25) is 0 Å². The SMILES string of the molecule is COc1cc(N)ccc1OC1CCNCC1.